The van der Waals surface area contributed by atoms with E-state index in [4.69, 9.17) is 4.74 Å². The fourth-order valence-electron chi connectivity index (χ4n) is 1.31. The third-order valence-electron chi connectivity index (χ3n) is 2.30. The maximum atomic E-state index is 11.8. The van der Waals surface area contributed by atoms with Crippen molar-refractivity contribution in [3.8, 4) is 5.75 Å². The summed E-state index contributed by atoms with van der Waals surface area (Å²) < 4.78 is 31.5. The normalized spacial score (nSPS) is 11.4. The van der Waals surface area contributed by atoms with Crippen LogP contribution in [-0.2, 0) is 10.0 Å². The standard InChI is InChI=1S/C12H20N2O3S/c1-3-8-14-18(15,16)12-6-4-11(5-7-12)17-10-9-13-2/h4-7,13-14H,3,8-10H2,1-2H3. The van der Waals surface area contributed by atoms with Gasteiger partial charge >= 0.3 is 0 Å². The molecular formula is C12H20N2O3S. The second kappa shape index (κ2) is 7.35. The van der Waals surface area contributed by atoms with E-state index in [-0.39, 0.29) is 4.90 Å². The second-order valence-electron chi connectivity index (χ2n) is 3.82. The van der Waals surface area contributed by atoms with Crippen LogP contribution in [0.4, 0.5) is 0 Å². The van der Waals surface area contributed by atoms with E-state index in [2.05, 4.69) is 10.0 Å². The molecule has 2 N–H and O–H groups in total. The van der Waals surface area contributed by atoms with Gasteiger partial charge in [-0.2, -0.15) is 0 Å². The van der Waals surface area contributed by atoms with Crippen LogP contribution in [0.2, 0.25) is 0 Å². The molecule has 1 aromatic rings. The number of nitrogens with one attached hydrogen (secondary N) is 2. The average Bonchev–Trinajstić information content (AvgIpc) is 2.37. The molecule has 102 valence electrons. The smallest absolute Gasteiger partial charge is 0.240 e. The number of rotatable bonds is 8. The Hall–Kier alpha value is -1.11. The van der Waals surface area contributed by atoms with Gasteiger partial charge in [-0.15, -0.1) is 0 Å². The van der Waals surface area contributed by atoms with Gasteiger partial charge in [-0.1, -0.05) is 6.92 Å². The maximum absolute atomic E-state index is 11.8. The van der Waals surface area contributed by atoms with Gasteiger partial charge in [-0.05, 0) is 37.7 Å². The first-order valence-corrected chi connectivity index (χ1v) is 7.45. The van der Waals surface area contributed by atoms with Crippen molar-refractivity contribution >= 4 is 10.0 Å². The van der Waals surface area contributed by atoms with Crippen molar-refractivity contribution in [3.63, 3.8) is 0 Å². The number of ether oxygens (including phenoxy) is 1. The average molecular weight is 272 g/mol. The highest BCUT2D eigenvalue weighted by atomic mass is 32.2. The lowest BCUT2D eigenvalue weighted by atomic mass is 10.3. The zero-order chi connectivity index (χ0) is 13.4. The molecule has 0 aliphatic rings. The highest BCUT2D eigenvalue weighted by Crippen LogP contribution is 2.15. The summed E-state index contributed by atoms with van der Waals surface area (Å²) in [6.45, 7) is 3.67. The second-order valence-corrected chi connectivity index (χ2v) is 5.59. The van der Waals surface area contributed by atoms with Crippen molar-refractivity contribution in [3.05, 3.63) is 24.3 Å². The lowest BCUT2D eigenvalue weighted by Crippen LogP contribution is -2.24. The Balaban J connectivity index is 2.64. The maximum Gasteiger partial charge on any atom is 0.240 e. The van der Waals surface area contributed by atoms with Gasteiger partial charge in [0.2, 0.25) is 10.0 Å². The Labute approximate surface area is 109 Å². The molecule has 0 bridgehead atoms. The largest absolute Gasteiger partial charge is 0.492 e. The molecule has 1 rings (SSSR count). The van der Waals surface area contributed by atoms with E-state index in [0.717, 1.165) is 13.0 Å². The number of hydrogen-bond acceptors (Lipinski definition) is 4. The summed E-state index contributed by atoms with van der Waals surface area (Å²) in [6, 6.07) is 6.42. The lowest BCUT2D eigenvalue weighted by Gasteiger charge is -2.08. The van der Waals surface area contributed by atoms with Crippen LogP contribution in [0.5, 0.6) is 5.75 Å². The van der Waals surface area contributed by atoms with Crippen molar-refractivity contribution in [2.45, 2.75) is 18.2 Å². The molecule has 0 unspecified atom stereocenters. The molecule has 0 atom stereocenters. The summed E-state index contributed by atoms with van der Waals surface area (Å²) in [7, 11) is -1.54. The van der Waals surface area contributed by atoms with Gasteiger partial charge in [0.15, 0.2) is 0 Å². The molecule has 0 heterocycles. The first-order valence-electron chi connectivity index (χ1n) is 5.97. The minimum atomic E-state index is -3.38. The molecule has 0 radical (unpaired) electrons. The quantitative estimate of drug-likeness (QED) is 0.692. The van der Waals surface area contributed by atoms with Gasteiger partial charge in [-0.25, -0.2) is 13.1 Å². The van der Waals surface area contributed by atoms with Crippen molar-refractivity contribution in [2.24, 2.45) is 0 Å². The molecule has 0 saturated heterocycles. The Morgan fingerprint density at radius 3 is 2.39 bits per heavy atom. The van der Waals surface area contributed by atoms with Crippen LogP contribution < -0.4 is 14.8 Å². The zero-order valence-corrected chi connectivity index (χ0v) is 11.6. The highest BCUT2D eigenvalue weighted by Gasteiger charge is 2.12. The fourth-order valence-corrected chi connectivity index (χ4v) is 2.44. The number of hydrogen-bond donors (Lipinski definition) is 2. The van der Waals surface area contributed by atoms with E-state index in [1.54, 1.807) is 24.3 Å². The third kappa shape index (κ3) is 4.64. The molecular weight excluding hydrogens is 252 g/mol. The molecule has 0 saturated carbocycles. The molecule has 0 fully saturated rings. The van der Waals surface area contributed by atoms with Gasteiger partial charge in [0.05, 0.1) is 4.90 Å². The van der Waals surface area contributed by atoms with Crippen LogP contribution in [0.3, 0.4) is 0 Å². The minimum absolute atomic E-state index is 0.261. The Bertz CT molecular complexity index is 443. The molecule has 0 spiro atoms. The van der Waals surface area contributed by atoms with Crippen LogP contribution in [-0.4, -0.2) is 35.2 Å². The topological polar surface area (TPSA) is 67.4 Å². The summed E-state index contributed by atoms with van der Waals surface area (Å²) >= 11 is 0. The van der Waals surface area contributed by atoms with Crippen LogP contribution in [0, 0.1) is 0 Å². The SMILES string of the molecule is CCCNS(=O)(=O)c1ccc(OCCNC)cc1. The van der Waals surface area contributed by atoms with Gasteiger partial charge in [0.1, 0.15) is 12.4 Å². The van der Waals surface area contributed by atoms with E-state index in [1.807, 2.05) is 14.0 Å². The monoisotopic (exact) mass is 272 g/mol. The predicted molar refractivity (Wildman–Crippen MR) is 71.3 cm³/mol. The Kier molecular flexibility index (Phi) is 6.11. The van der Waals surface area contributed by atoms with Crippen molar-refractivity contribution in [1.29, 1.82) is 0 Å². The molecule has 5 nitrogen and oxygen atoms in total. The van der Waals surface area contributed by atoms with E-state index >= 15 is 0 Å². The molecule has 0 aromatic heterocycles. The number of sulfonamides is 1. The van der Waals surface area contributed by atoms with E-state index in [9.17, 15) is 8.42 Å². The van der Waals surface area contributed by atoms with Crippen molar-refractivity contribution < 1.29 is 13.2 Å². The van der Waals surface area contributed by atoms with Crippen LogP contribution in [0.1, 0.15) is 13.3 Å². The number of likely N-dealkylation sites (N-methyl/N-ethyl adjacent to an activating group) is 1. The molecule has 0 aliphatic carbocycles. The molecule has 18 heavy (non-hydrogen) atoms. The summed E-state index contributed by atoms with van der Waals surface area (Å²) in [5.74, 6) is 0.666. The number of benzene rings is 1. The first kappa shape index (κ1) is 14.9. The van der Waals surface area contributed by atoms with E-state index in [0.29, 0.717) is 18.9 Å². The van der Waals surface area contributed by atoms with Gasteiger partial charge in [0, 0.05) is 13.1 Å². The van der Waals surface area contributed by atoms with Crippen molar-refractivity contribution in [1.82, 2.24) is 10.0 Å². The zero-order valence-electron chi connectivity index (χ0n) is 10.8. The molecule has 6 heteroatoms. The Morgan fingerprint density at radius 1 is 1.17 bits per heavy atom. The minimum Gasteiger partial charge on any atom is -0.492 e. The lowest BCUT2D eigenvalue weighted by molar-refractivity contribution is 0.318. The Morgan fingerprint density at radius 2 is 1.83 bits per heavy atom. The van der Waals surface area contributed by atoms with Crippen LogP contribution in [0.15, 0.2) is 29.2 Å². The summed E-state index contributed by atoms with van der Waals surface area (Å²) in [5.41, 5.74) is 0. The first-order chi connectivity index (χ1) is 8.60. The van der Waals surface area contributed by atoms with Crippen LogP contribution in [0.25, 0.3) is 0 Å². The highest BCUT2D eigenvalue weighted by molar-refractivity contribution is 7.89. The predicted octanol–water partition coefficient (Wildman–Crippen LogP) is 0.973. The van der Waals surface area contributed by atoms with Crippen molar-refractivity contribution in [2.75, 3.05) is 26.7 Å². The summed E-state index contributed by atoms with van der Waals surface area (Å²) in [5, 5.41) is 2.97. The molecule has 1 aromatic carbocycles. The molecule has 0 amide bonds. The van der Waals surface area contributed by atoms with Crippen LogP contribution >= 0.6 is 0 Å². The van der Waals surface area contributed by atoms with Gasteiger partial charge in [0.25, 0.3) is 0 Å². The fraction of sp³-hybridized carbons (Fsp3) is 0.500. The summed E-state index contributed by atoms with van der Waals surface area (Å²) in [4.78, 5) is 0.261. The van der Waals surface area contributed by atoms with Gasteiger partial charge in [-0.3, -0.25) is 0 Å². The third-order valence-corrected chi connectivity index (χ3v) is 3.77. The van der Waals surface area contributed by atoms with E-state index in [1.165, 1.54) is 0 Å². The van der Waals surface area contributed by atoms with Gasteiger partial charge < -0.3 is 10.1 Å². The van der Waals surface area contributed by atoms with E-state index < -0.39 is 10.0 Å². The summed E-state index contributed by atoms with van der Waals surface area (Å²) in [6.07, 6.45) is 0.768. The molecule has 0 aliphatic heterocycles.